The molecule has 0 amide bonds. The highest BCUT2D eigenvalue weighted by Crippen LogP contribution is 2.24. The van der Waals surface area contributed by atoms with E-state index in [4.69, 9.17) is 0 Å². The van der Waals surface area contributed by atoms with Crippen LogP contribution in [-0.2, 0) is 0 Å². The number of nitrogens with zero attached hydrogens (tertiary/aromatic N) is 2. The smallest absolute Gasteiger partial charge is 0.0473 e. The van der Waals surface area contributed by atoms with Gasteiger partial charge in [0.1, 0.15) is 0 Å². The minimum absolute atomic E-state index is 0.383. The maximum Gasteiger partial charge on any atom is 0.0473 e. The van der Waals surface area contributed by atoms with E-state index in [9.17, 15) is 0 Å². The highest BCUT2D eigenvalue weighted by molar-refractivity contribution is 5.25. The van der Waals surface area contributed by atoms with E-state index >= 15 is 0 Å². The molecule has 1 aliphatic heterocycles. The maximum absolute atomic E-state index is 3.52. The van der Waals surface area contributed by atoms with Gasteiger partial charge in [0, 0.05) is 37.3 Å². The minimum Gasteiger partial charge on any atom is -0.312 e. The van der Waals surface area contributed by atoms with Gasteiger partial charge in [-0.3, -0.25) is 9.80 Å². The van der Waals surface area contributed by atoms with Crippen LogP contribution in [0.3, 0.4) is 0 Å². The van der Waals surface area contributed by atoms with E-state index in [0.29, 0.717) is 24.2 Å². The van der Waals surface area contributed by atoms with Crippen molar-refractivity contribution in [3.05, 3.63) is 35.4 Å². The van der Waals surface area contributed by atoms with Crippen molar-refractivity contribution in [2.75, 3.05) is 27.2 Å². The van der Waals surface area contributed by atoms with Crippen molar-refractivity contribution in [3.8, 4) is 0 Å². The van der Waals surface area contributed by atoms with Gasteiger partial charge in [-0.25, -0.2) is 0 Å². The van der Waals surface area contributed by atoms with Crippen molar-refractivity contribution in [1.82, 2.24) is 15.1 Å². The van der Waals surface area contributed by atoms with E-state index in [0.717, 1.165) is 13.1 Å². The monoisotopic (exact) mass is 289 g/mol. The van der Waals surface area contributed by atoms with E-state index < -0.39 is 0 Å². The Bertz CT molecular complexity index is 430. The first-order chi connectivity index (χ1) is 9.93. The summed E-state index contributed by atoms with van der Waals surface area (Å²) < 4.78 is 0. The quantitative estimate of drug-likeness (QED) is 0.919. The summed E-state index contributed by atoms with van der Waals surface area (Å²) in [7, 11) is 4.32. The molecule has 1 aromatic carbocycles. The van der Waals surface area contributed by atoms with Crippen molar-refractivity contribution in [2.24, 2.45) is 0 Å². The van der Waals surface area contributed by atoms with Gasteiger partial charge in [-0.15, -0.1) is 0 Å². The van der Waals surface area contributed by atoms with Crippen LogP contribution < -0.4 is 5.32 Å². The summed E-state index contributed by atoms with van der Waals surface area (Å²) in [6, 6.07) is 11.1. The number of hydrogen-bond acceptors (Lipinski definition) is 3. The van der Waals surface area contributed by atoms with Crippen LogP contribution in [0.2, 0.25) is 0 Å². The van der Waals surface area contributed by atoms with Crippen molar-refractivity contribution in [1.29, 1.82) is 0 Å². The Morgan fingerprint density at radius 2 is 1.62 bits per heavy atom. The summed E-state index contributed by atoms with van der Waals surface area (Å²) in [6.45, 7) is 11.4. The zero-order valence-electron chi connectivity index (χ0n) is 14.4. The Hall–Kier alpha value is -0.900. The van der Waals surface area contributed by atoms with Gasteiger partial charge in [0.2, 0.25) is 0 Å². The molecule has 0 radical (unpaired) electrons. The van der Waals surface area contributed by atoms with E-state index in [1.807, 2.05) is 0 Å². The Labute approximate surface area is 130 Å². The minimum atomic E-state index is 0.383. The lowest BCUT2D eigenvalue weighted by atomic mass is 9.96. The second-order valence-electron chi connectivity index (χ2n) is 6.74. The number of nitrogens with one attached hydrogen (secondary N) is 1. The molecule has 0 bridgehead atoms. The standard InChI is InChI=1S/C18H31N3/c1-13-7-9-17(10-8-13)18(19-5)16(4)21-11-14(2)20(6)15(3)12-21/h7-10,14-16,18-19H,11-12H2,1-6H3. The Kier molecular flexibility index (Phi) is 5.42. The lowest BCUT2D eigenvalue weighted by molar-refractivity contribution is 0.0283. The van der Waals surface area contributed by atoms with Crippen LogP contribution in [0.1, 0.15) is 37.9 Å². The van der Waals surface area contributed by atoms with Gasteiger partial charge in [-0.2, -0.15) is 0 Å². The molecule has 0 aromatic heterocycles. The third kappa shape index (κ3) is 3.65. The topological polar surface area (TPSA) is 18.5 Å². The van der Waals surface area contributed by atoms with Gasteiger partial charge < -0.3 is 5.32 Å². The average molecular weight is 289 g/mol. The molecular weight excluding hydrogens is 258 g/mol. The summed E-state index contributed by atoms with van der Waals surface area (Å²) in [4.78, 5) is 5.12. The van der Waals surface area contributed by atoms with Crippen molar-refractivity contribution >= 4 is 0 Å². The molecule has 1 aromatic rings. The average Bonchev–Trinajstić information content (AvgIpc) is 2.46. The number of benzene rings is 1. The number of rotatable bonds is 4. The Morgan fingerprint density at radius 1 is 1.10 bits per heavy atom. The predicted molar refractivity (Wildman–Crippen MR) is 90.7 cm³/mol. The number of aryl methyl sites for hydroxylation is 1. The predicted octanol–water partition coefficient (Wildman–Crippen LogP) is 2.67. The first kappa shape index (κ1) is 16.5. The van der Waals surface area contributed by atoms with Crippen LogP contribution in [0.4, 0.5) is 0 Å². The van der Waals surface area contributed by atoms with Crippen LogP contribution >= 0.6 is 0 Å². The largest absolute Gasteiger partial charge is 0.312 e. The molecule has 1 N–H and O–H groups in total. The first-order valence-electron chi connectivity index (χ1n) is 8.13. The Morgan fingerprint density at radius 3 is 2.10 bits per heavy atom. The summed E-state index contributed by atoms with van der Waals surface area (Å²) in [5.41, 5.74) is 2.71. The molecule has 0 saturated carbocycles. The number of hydrogen-bond donors (Lipinski definition) is 1. The van der Waals surface area contributed by atoms with Gasteiger partial charge in [-0.05, 0) is 47.4 Å². The van der Waals surface area contributed by atoms with E-state index in [-0.39, 0.29) is 0 Å². The van der Waals surface area contributed by atoms with Crippen molar-refractivity contribution < 1.29 is 0 Å². The van der Waals surface area contributed by atoms with Crippen molar-refractivity contribution in [3.63, 3.8) is 0 Å². The molecule has 1 aliphatic rings. The number of likely N-dealkylation sites (N-methyl/N-ethyl adjacent to an activating group) is 2. The molecule has 0 spiro atoms. The van der Waals surface area contributed by atoms with Crippen LogP contribution in [0, 0.1) is 6.92 Å². The molecule has 3 heteroatoms. The lowest BCUT2D eigenvalue weighted by Crippen LogP contribution is -2.58. The van der Waals surface area contributed by atoms with Gasteiger partial charge in [0.15, 0.2) is 0 Å². The van der Waals surface area contributed by atoms with Crippen LogP contribution in [0.15, 0.2) is 24.3 Å². The summed E-state index contributed by atoms with van der Waals surface area (Å²) in [6.07, 6.45) is 0. The van der Waals surface area contributed by atoms with Gasteiger partial charge >= 0.3 is 0 Å². The highest BCUT2D eigenvalue weighted by Gasteiger charge is 2.32. The fraction of sp³-hybridized carbons (Fsp3) is 0.667. The molecule has 4 atom stereocenters. The van der Waals surface area contributed by atoms with E-state index in [1.165, 1.54) is 11.1 Å². The Balaban J connectivity index is 2.13. The maximum atomic E-state index is 3.52. The molecule has 1 heterocycles. The SMILES string of the molecule is CNC(c1ccc(C)cc1)C(C)N1CC(C)N(C)C(C)C1. The number of piperazine rings is 1. The zero-order chi connectivity index (χ0) is 15.6. The van der Waals surface area contributed by atoms with Gasteiger partial charge in [-0.1, -0.05) is 29.8 Å². The fourth-order valence-electron chi connectivity index (χ4n) is 3.45. The van der Waals surface area contributed by atoms with Crippen LogP contribution in [0.25, 0.3) is 0 Å². The van der Waals surface area contributed by atoms with E-state index in [2.05, 4.69) is 81.2 Å². The molecule has 1 saturated heterocycles. The van der Waals surface area contributed by atoms with Crippen LogP contribution in [0.5, 0.6) is 0 Å². The summed E-state index contributed by atoms with van der Waals surface area (Å²) in [5, 5.41) is 3.52. The lowest BCUT2D eigenvalue weighted by Gasteiger charge is -2.46. The molecule has 0 aliphatic carbocycles. The van der Waals surface area contributed by atoms with Crippen molar-refractivity contribution in [2.45, 2.75) is 51.9 Å². The van der Waals surface area contributed by atoms with Crippen LogP contribution in [-0.4, -0.2) is 55.1 Å². The molecule has 4 unspecified atom stereocenters. The third-order valence-electron chi connectivity index (χ3n) is 5.19. The molecule has 21 heavy (non-hydrogen) atoms. The second kappa shape index (κ2) is 6.91. The molecule has 118 valence electrons. The zero-order valence-corrected chi connectivity index (χ0v) is 14.4. The second-order valence-corrected chi connectivity index (χ2v) is 6.74. The summed E-state index contributed by atoms with van der Waals surface area (Å²) in [5.74, 6) is 0. The van der Waals surface area contributed by atoms with Gasteiger partial charge in [0.05, 0.1) is 0 Å². The third-order valence-corrected chi connectivity index (χ3v) is 5.19. The first-order valence-corrected chi connectivity index (χ1v) is 8.13. The molecule has 1 fully saturated rings. The normalized spacial score (nSPS) is 27.5. The fourth-order valence-corrected chi connectivity index (χ4v) is 3.45. The van der Waals surface area contributed by atoms with E-state index in [1.54, 1.807) is 0 Å². The van der Waals surface area contributed by atoms with Gasteiger partial charge in [0.25, 0.3) is 0 Å². The summed E-state index contributed by atoms with van der Waals surface area (Å²) >= 11 is 0. The highest BCUT2D eigenvalue weighted by atomic mass is 15.3. The molecule has 3 nitrogen and oxygen atoms in total. The molecular formula is C18H31N3. The molecule has 2 rings (SSSR count).